The van der Waals surface area contributed by atoms with Crippen LogP contribution in [0.15, 0.2) is 41.6 Å². The van der Waals surface area contributed by atoms with Crippen molar-refractivity contribution in [2.75, 3.05) is 33.1 Å². The summed E-state index contributed by atoms with van der Waals surface area (Å²) < 4.78 is 12.7. The van der Waals surface area contributed by atoms with Gasteiger partial charge in [0.25, 0.3) is 0 Å². The quantitative estimate of drug-likeness (QED) is 0.433. The molecule has 7 nitrogen and oxygen atoms in total. The number of benzene rings is 2. The van der Waals surface area contributed by atoms with Gasteiger partial charge in [0.2, 0.25) is 5.91 Å². The molecule has 0 spiro atoms. The Labute approximate surface area is 200 Å². The maximum atomic E-state index is 12.6. The molecule has 0 bridgehead atoms. The van der Waals surface area contributed by atoms with E-state index in [-0.39, 0.29) is 11.7 Å². The van der Waals surface area contributed by atoms with Gasteiger partial charge >= 0.3 is 0 Å². The highest BCUT2D eigenvalue weighted by atomic mass is 35.5. The molecule has 1 aliphatic heterocycles. The van der Waals surface area contributed by atoms with Crippen molar-refractivity contribution in [1.82, 2.24) is 19.7 Å². The van der Waals surface area contributed by atoms with E-state index in [9.17, 15) is 4.79 Å². The Bertz CT molecular complexity index is 1130. The third kappa shape index (κ3) is 4.67. The molecule has 168 valence electrons. The standard InChI is InChI=1S/C22H22Cl2N4O3S/c1-30-18-7-5-14(23)11-16(18)21-25-26-22(32-13-20(29)27-9-3-4-10-27)28(21)15-6-8-19(31-2)17(24)12-15/h5-8,11-12H,3-4,9-10,13H2,1-2H3. The molecule has 0 saturated carbocycles. The first-order chi connectivity index (χ1) is 15.5. The zero-order chi connectivity index (χ0) is 22.7. The van der Waals surface area contributed by atoms with Gasteiger partial charge in [-0.2, -0.15) is 0 Å². The minimum absolute atomic E-state index is 0.0942. The Morgan fingerprint density at radius 1 is 1.03 bits per heavy atom. The molecule has 1 fully saturated rings. The number of methoxy groups -OCH3 is 2. The Morgan fingerprint density at radius 3 is 2.44 bits per heavy atom. The lowest BCUT2D eigenvalue weighted by Gasteiger charge is -2.16. The van der Waals surface area contributed by atoms with Gasteiger partial charge in [0.05, 0.1) is 36.2 Å². The molecule has 10 heteroatoms. The van der Waals surface area contributed by atoms with Crippen molar-refractivity contribution in [3.8, 4) is 28.6 Å². The summed E-state index contributed by atoms with van der Waals surface area (Å²) in [4.78, 5) is 14.5. The zero-order valence-electron chi connectivity index (χ0n) is 17.7. The summed E-state index contributed by atoms with van der Waals surface area (Å²) in [5.74, 6) is 2.06. The molecule has 2 aromatic carbocycles. The molecule has 1 saturated heterocycles. The monoisotopic (exact) mass is 492 g/mol. The number of amides is 1. The van der Waals surface area contributed by atoms with Crippen LogP contribution in [-0.2, 0) is 4.79 Å². The molecule has 0 radical (unpaired) electrons. The average Bonchev–Trinajstić information content (AvgIpc) is 3.47. The number of hydrogen-bond acceptors (Lipinski definition) is 6. The van der Waals surface area contributed by atoms with E-state index in [2.05, 4.69) is 10.2 Å². The number of nitrogens with zero attached hydrogens (tertiary/aromatic N) is 4. The van der Waals surface area contributed by atoms with E-state index in [4.69, 9.17) is 32.7 Å². The van der Waals surface area contributed by atoms with Crippen LogP contribution in [0.25, 0.3) is 17.1 Å². The fourth-order valence-electron chi connectivity index (χ4n) is 3.60. The van der Waals surface area contributed by atoms with Crippen LogP contribution in [0.2, 0.25) is 10.0 Å². The van der Waals surface area contributed by atoms with Gasteiger partial charge in [-0.1, -0.05) is 35.0 Å². The number of thioether (sulfide) groups is 1. The van der Waals surface area contributed by atoms with Gasteiger partial charge in [0.15, 0.2) is 11.0 Å². The van der Waals surface area contributed by atoms with Crippen LogP contribution in [0, 0.1) is 0 Å². The van der Waals surface area contributed by atoms with Crippen LogP contribution in [-0.4, -0.2) is 58.6 Å². The summed E-state index contributed by atoms with van der Waals surface area (Å²) in [5, 5.41) is 10.4. The average molecular weight is 493 g/mol. The lowest BCUT2D eigenvalue weighted by molar-refractivity contribution is -0.127. The molecule has 4 rings (SSSR count). The fraction of sp³-hybridized carbons (Fsp3) is 0.318. The predicted octanol–water partition coefficient (Wildman–Crippen LogP) is 4.97. The van der Waals surface area contributed by atoms with Gasteiger partial charge in [-0.3, -0.25) is 9.36 Å². The minimum atomic E-state index is 0.0942. The van der Waals surface area contributed by atoms with E-state index in [0.717, 1.165) is 31.6 Å². The van der Waals surface area contributed by atoms with E-state index in [0.29, 0.717) is 38.1 Å². The number of carbonyl (C=O) groups is 1. The second-order valence-electron chi connectivity index (χ2n) is 7.18. The number of halogens is 2. The van der Waals surface area contributed by atoms with Crippen molar-refractivity contribution in [2.24, 2.45) is 0 Å². The molecule has 1 aromatic heterocycles. The highest BCUT2D eigenvalue weighted by Crippen LogP contribution is 2.36. The van der Waals surface area contributed by atoms with Crippen molar-refractivity contribution >= 4 is 40.9 Å². The highest BCUT2D eigenvalue weighted by molar-refractivity contribution is 7.99. The summed E-state index contributed by atoms with van der Waals surface area (Å²) in [5.41, 5.74) is 1.41. The van der Waals surface area contributed by atoms with Gasteiger partial charge in [-0.05, 0) is 49.2 Å². The fourth-order valence-corrected chi connectivity index (χ4v) is 4.88. The van der Waals surface area contributed by atoms with Crippen LogP contribution in [0.4, 0.5) is 0 Å². The van der Waals surface area contributed by atoms with Crippen molar-refractivity contribution in [3.63, 3.8) is 0 Å². The molecule has 0 N–H and O–H groups in total. The van der Waals surface area contributed by atoms with Crippen LogP contribution < -0.4 is 9.47 Å². The molecule has 32 heavy (non-hydrogen) atoms. The Hall–Kier alpha value is -2.42. The number of carbonyl (C=O) groups excluding carboxylic acids is 1. The molecule has 0 atom stereocenters. The maximum Gasteiger partial charge on any atom is 0.233 e. The third-order valence-corrected chi connectivity index (χ3v) is 6.66. The Balaban J connectivity index is 1.76. The molecule has 1 amide bonds. The summed E-state index contributed by atoms with van der Waals surface area (Å²) in [6.45, 7) is 1.62. The lowest BCUT2D eigenvalue weighted by atomic mass is 10.2. The maximum absolute atomic E-state index is 12.6. The topological polar surface area (TPSA) is 69.5 Å². The van der Waals surface area contributed by atoms with E-state index < -0.39 is 0 Å². The lowest BCUT2D eigenvalue weighted by Crippen LogP contribution is -2.29. The number of hydrogen-bond donors (Lipinski definition) is 0. The summed E-state index contributed by atoms with van der Waals surface area (Å²) in [6, 6.07) is 10.7. The first-order valence-electron chi connectivity index (χ1n) is 10.1. The molecule has 3 aromatic rings. The molecular formula is C22H22Cl2N4O3S. The second-order valence-corrected chi connectivity index (χ2v) is 8.97. The van der Waals surface area contributed by atoms with Crippen molar-refractivity contribution in [2.45, 2.75) is 18.0 Å². The molecule has 1 aliphatic rings. The number of ether oxygens (including phenoxy) is 2. The Morgan fingerprint density at radius 2 is 1.75 bits per heavy atom. The number of aromatic nitrogens is 3. The number of rotatable bonds is 7. The van der Waals surface area contributed by atoms with Crippen LogP contribution >= 0.6 is 35.0 Å². The van der Waals surface area contributed by atoms with E-state index >= 15 is 0 Å². The SMILES string of the molecule is COc1ccc(-n2c(SCC(=O)N3CCCC3)nnc2-c2cc(Cl)ccc2OC)cc1Cl. The first-order valence-corrected chi connectivity index (χ1v) is 11.8. The van der Waals surface area contributed by atoms with Gasteiger partial charge in [0.1, 0.15) is 11.5 Å². The van der Waals surface area contributed by atoms with Crippen molar-refractivity contribution < 1.29 is 14.3 Å². The van der Waals surface area contributed by atoms with E-state index in [1.165, 1.54) is 11.8 Å². The largest absolute Gasteiger partial charge is 0.496 e. The van der Waals surface area contributed by atoms with E-state index in [1.54, 1.807) is 44.6 Å². The molecule has 0 unspecified atom stereocenters. The van der Waals surface area contributed by atoms with E-state index in [1.807, 2.05) is 15.5 Å². The van der Waals surface area contributed by atoms with Gasteiger partial charge < -0.3 is 14.4 Å². The number of likely N-dealkylation sites (tertiary alicyclic amines) is 1. The smallest absolute Gasteiger partial charge is 0.233 e. The molecule has 2 heterocycles. The summed E-state index contributed by atoms with van der Waals surface area (Å²) in [7, 11) is 3.15. The van der Waals surface area contributed by atoms with Gasteiger partial charge in [0, 0.05) is 18.1 Å². The first kappa shape index (κ1) is 22.8. The zero-order valence-corrected chi connectivity index (χ0v) is 20.0. The van der Waals surface area contributed by atoms with Crippen LogP contribution in [0.5, 0.6) is 11.5 Å². The summed E-state index contributed by atoms with van der Waals surface area (Å²) in [6.07, 6.45) is 2.10. The predicted molar refractivity (Wildman–Crippen MR) is 126 cm³/mol. The van der Waals surface area contributed by atoms with Crippen LogP contribution in [0.3, 0.4) is 0 Å². The third-order valence-electron chi connectivity index (χ3n) is 5.21. The molecule has 0 aliphatic carbocycles. The molecular weight excluding hydrogens is 471 g/mol. The van der Waals surface area contributed by atoms with Crippen molar-refractivity contribution in [1.29, 1.82) is 0 Å². The summed E-state index contributed by atoms with van der Waals surface area (Å²) >= 11 is 14.0. The minimum Gasteiger partial charge on any atom is -0.496 e. The van der Waals surface area contributed by atoms with Crippen molar-refractivity contribution in [3.05, 3.63) is 46.4 Å². The highest BCUT2D eigenvalue weighted by Gasteiger charge is 2.23. The Kier molecular flexibility index (Phi) is 7.13. The van der Waals surface area contributed by atoms with Gasteiger partial charge in [-0.15, -0.1) is 10.2 Å². The normalized spacial score (nSPS) is 13.4. The second kappa shape index (κ2) is 10.0. The van der Waals surface area contributed by atoms with Crippen LogP contribution in [0.1, 0.15) is 12.8 Å². The van der Waals surface area contributed by atoms with Gasteiger partial charge in [-0.25, -0.2) is 0 Å².